The summed E-state index contributed by atoms with van der Waals surface area (Å²) in [6.45, 7) is -0.809. The number of hydrogen-bond donors (Lipinski definition) is 6. The highest BCUT2D eigenvalue weighted by Gasteiger charge is 2.56. The second kappa shape index (κ2) is 4.49. The van der Waals surface area contributed by atoms with Crippen LogP contribution in [0.2, 0.25) is 0 Å². The van der Waals surface area contributed by atoms with Crippen molar-refractivity contribution >= 4 is 6.16 Å². The number of rotatable bonds is 2. The summed E-state index contributed by atoms with van der Waals surface area (Å²) in [5.74, 6) is -3.03. The third-order valence-corrected chi connectivity index (χ3v) is 2.16. The molecule has 6 N–H and O–H groups in total. The molecule has 0 bridgehead atoms. The van der Waals surface area contributed by atoms with Crippen molar-refractivity contribution in [2.75, 3.05) is 6.61 Å². The molecule has 0 aromatic heterocycles. The predicted octanol–water partition coefficient (Wildman–Crippen LogP) is -3.20. The Bertz CT molecular complexity index is 267. The number of carboxylic acid groups (broad SMARTS) is 1. The lowest BCUT2D eigenvalue weighted by Crippen LogP contribution is -2.66. The SMILES string of the molecule is O=C(O)OC1(O)OC(CO)C(O)C(O)C1O. The minimum absolute atomic E-state index is 0.809. The maximum Gasteiger partial charge on any atom is 0.510 e. The van der Waals surface area contributed by atoms with Gasteiger partial charge in [-0.15, -0.1) is 0 Å². The van der Waals surface area contributed by atoms with Crippen LogP contribution in [0.15, 0.2) is 0 Å². The molecule has 94 valence electrons. The molecule has 9 heteroatoms. The smallest absolute Gasteiger partial charge is 0.450 e. The van der Waals surface area contributed by atoms with Crippen LogP contribution in [0.5, 0.6) is 0 Å². The fourth-order valence-corrected chi connectivity index (χ4v) is 1.33. The lowest BCUT2D eigenvalue weighted by Gasteiger charge is -2.43. The van der Waals surface area contributed by atoms with Gasteiger partial charge < -0.3 is 40.1 Å². The van der Waals surface area contributed by atoms with Crippen molar-refractivity contribution < 1.29 is 44.9 Å². The average Bonchev–Trinajstić information content (AvgIpc) is 2.20. The predicted molar refractivity (Wildman–Crippen MR) is 44.0 cm³/mol. The van der Waals surface area contributed by atoms with E-state index in [1.54, 1.807) is 0 Å². The maximum atomic E-state index is 10.2. The Morgan fingerprint density at radius 2 is 1.88 bits per heavy atom. The third kappa shape index (κ3) is 2.24. The first-order chi connectivity index (χ1) is 7.31. The molecule has 1 rings (SSSR count). The summed E-state index contributed by atoms with van der Waals surface area (Å²) in [5.41, 5.74) is 0. The van der Waals surface area contributed by atoms with Gasteiger partial charge in [0.2, 0.25) is 0 Å². The van der Waals surface area contributed by atoms with Crippen molar-refractivity contribution in [2.24, 2.45) is 0 Å². The summed E-state index contributed by atoms with van der Waals surface area (Å²) >= 11 is 0. The summed E-state index contributed by atoms with van der Waals surface area (Å²) in [4.78, 5) is 10.2. The first-order valence-corrected chi connectivity index (χ1v) is 4.29. The van der Waals surface area contributed by atoms with Crippen molar-refractivity contribution in [3.8, 4) is 0 Å². The molecule has 5 unspecified atom stereocenters. The Kier molecular flexibility index (Phi) is 3.68. The molecule has 1 saturated heterocycles. The fraction of sp³-hybridized carbons (Fsp3) is 0.857. The van der Waals surface area contributed by atoms with Crippen molar-refractivity contribution in [2.45, 2.75) is 30.4 Å². The standard InChI is InChI=1S/C7H12O9/c8-1-2-3(9)4(10)5(11)7(14,15-2)16-6(12)13/h2-5,8-11,14H,1H2,(H,12,13). The van der Waals surface area contributed by atoms with Gasteiger partial charge in [-0.05, 0) is 0 Å². The number of aliphatic hydroxyl groups excluding tert-OH is 4. The Balaban J connectivity index is 2.89. The fourth-order valence-electron chi connectivity index (χ4n) is 1.33. The molecule has 9 nitrogen and oxygen atoms in total. The Hall–Kier alpha value is -0.970. The van der Waals surface area contributed by atoms with Gasteiger partial charge in [0.1, 0.15) is 18.3 Å². The number of hydrogen-bond acceptors (Lipinski definition) is 8. The summed E-state index contributed by atoms with van der Waals surface area (Å²) in [6.07, 6.45) is -9.24. The van der Waals surface area contributed by atoms with Crippen LogP contribution in [0.4, 0.5) is 4.79 Å². The van der Waals surface area contributed by atoms with Gasteiger partial charge in [0.15, 0.2) is 6.10 Å². The lowest BCUT2D eigenvalue weighted by molar-refractivity contribution is -0.433. The number of ether oxygens (including phenoxy) is 2. The molecule has 0 amide bonds. The van der Waals surface area contributed by atoms with Crippen LogP contribution >= 0.6 is 0 Å². The van der Waals surface area contributed by atoms with E-state index < -0.39 is 43.2 Å². The van der Waals surface area contributed by atoms with Crippen LogP contribution < -0.4 is 0 Å². The van der Waals surface area contributed by atoms with E-state index in [9.17, 15) is 25.2 Å². The van der Waals surface area contributed by atoms with Gasteiger partial charge in [-0.2, -0.15) is 0 Å². The molecule has 16 heavy (non-hydrogen) atoms. The average molecular weight is 240 g/mol. The minimum atomic E-state index is -3.03. The number of carbonyl (C=O) groups is 1. The van der Waals surface area contributed by atoms with Crippen molar-refractivity contribution in [3.05, 3.63) is 0 Å². The zero-order chi connectivity index (χ0) is 12.5. The summed E-state index contributed by atoms with van der Waals surface area (Å²) in [5, 5.41) is 54.3. The van der Waals surface area contributed by atoms with Gasteiger partial charge in [0.25, 0.3) is 0 Å². The van der Waals surface area contributed by atoms with Gasteiger partial charge >= 0.3 is 12.1 Å². The highest BCUT2D eigenvalue weighted by Crippen LogP contribution is 2.29. The highest BCUT2D eigenvalue weighted by molar-refractivity contribution is 5.57. The van der Waals surface area contributed by atoms with Crippen LogP contribution in [0, 0.1) is 0 Å². The van der Waals surface area contributed by atoms with Crippen LogP contribution in [0.1, 0.15) is 0 Å². The second-order valence-corrected chi connectivity index (χ2v) is 3.26. The van der Waals surface area contributed by atoms with Gasteiger partial charge in [-0.1, -0.05) is 0 Å². The molecule has 1 aliphatic heterocycles. The van der Waals surface area contributed by atoms with Crippen LogP contribution in [0.25, 0.3) is 0 Å². The van der Waals surface area contributed by atoms with Gasteiger partial charge in [0.05, 0.1) is 6.61 Å². The van der Waals surface area contributed by atoms with Crippen LogP contribution in [0.3, 0.4) is 0 Å². The Morgan fingerprint density at radius 1 is 1.31 bits per heavy atom. The molecule has 0 radical (unpaired) electrons. The van der Waals surface area contributed by atoms with E-state index in [-0.39, 0.29) is 0 Å². The van der Waals surface area contributed by atoms with Crippen LogP contribution in [-0.4, -0.2) is 73.8 Å². The van der Waals surface area contributed by atoms with Gasteiger partial charge in [0, 0.05) is 0 Å². The quantitative estimate of drug-likeness (QED) is 0.216. The number of aliphatic hydroxyl groups is 5. The van der Waals surface area contributed by atoms with E-state index in [4.69, 9.17) is 10.2 Å². The van der Waals surface area contributed by atoms with E-state index in [1.807, 2.05) is 0 Å². The van der Waals surface area contributed by atoms with Crippen LogP contribution in [-0.2, 0) is 9.47 Å². The Morgan fingerprint density at radius 3 is 2.31 bits per heavy atom. The molecule has 0 aliphatic carbocycles. The van der Waals surface area contributed by atoms with Crippen molar-refractivity contribution in [1.29, 1.82) is 0 Å². The van der Waals surface area contributed by atoms with Gasteiger partial charge in [-0.25, -0.2) is 4.79 Å². The molecular weight excluding hydrogens is 228 g/mol. The van der Waals surface area contributed by atoms with Crippen molar-refractivity contribution in [1.82, 2.24) is 0 Å². The van der Waals surface area contributed by atoms with E-state index in [1.165, 1.54) is 0 Å². The lowest BCUT2D eigenvalue weighted by atomic mass is 9.98. The monoisotopic (exact) mass is 240 g/mol. The minimum Gasteiger partial charge on any atom is -0.450 e. The molecule has 0 aromatic rings. The maximum absolute atomic E-state index is 10.2. The second-order valence-electron chi connectivity index (χ2n) is 3.26. The van der Waals surface area contributed by atoms with Crippen molar-refractivity contribution in [3.63, 3.8) is 0 Å². The zero-order valence-electron chi connectivity index (χ0n) is 7.92. The summed E-state index contributed by atoms with van der Waals surface area (Å²) < 4.78 is 8.33. The molecule has 5 atom stereocenters. The first kappa shape index (κ1) is 13.1. The summed E-state index contributed by atoms with van der Waals surface area (Å²) in [6, 6.07) is 0. The molecule has 0 saturated carbocycles. The molecule has 1 fully saturated rings. The third-order valence-electron chi connectivity index (χ3n) is 2.16. The zero-order valence-corrected chi connectivity index (χ0v) is 7.92. The molecular formula is C7H12O9. The van der Waals surface area contributed by atoms with Gasteiger partial charge in [-0.3, -0.25) is 0 Å². The topological polar surface area (TPSA) is 157 Å². The normalized spacial score (nSPS) is 44.1. The van der Waals surface area contributed by atoms with E-state index >= 15 is 0 Å². The first-order valence-electron chi connectivity index (χ1n) is 4.29. The van der Waals surface area contributed by atoms with E-state index in [0.717, 1.165) is 0 Å². The molecule has 0 spiro atoms. The van der Waals surface area contributed by atoms with E-state index in [0.29, 0.717) is 0 Å². The molecule has 0 aromatic carbocycles. The Labute approximate surface area is 89.1 Å². The van der Waals surface area contributed by atoms with E-state index in [2.05, 4.69) is 9.47 Å². The largest absolute Gasteiger partial charge is 0.510 e. The molecule has 1 aliphatic rings. The molecule has 1 heterocycles. The summed E-state index contributed by atoms with van der Waals surface area (Å²) in [7, 11) is 0. The highest BCUT2D eigenvalue weighted by atomic mass is 16.9.